The average molecular weight is 253 g/mol. The number of nitrogens with zero attached hydrogens (tertiary/aromatic N) is 2. The van der Waals surface area contributed by atoms with Crippen LogP contribution in [0.15, 0.2) is 0 Å². The van der Waals surface area contributed by atoms with E-state index in [1.54, 1.807) is 6.92 Å². The lowest BCUT2D eigenvalue weighted by atomic mass is 10.1. The highest BCUT2D eigenvalue weighted by atomic mass is 16.2. The summed E-state index contributed by atoms with van der Waals surface area (Å²) in [5.41, 5.74) is -0.262. The molecule has 3 N–H and O–H groups in total. The van der Waals surface area contributed by atoms with Crippen molar-refractivity contribution in [2.24, 2.45) is 0 Å². The smallest absolute Gasteiger partial charge is 0.290 e. The second-order valence-electron chi connectivity index (χ2n) is 5.05. The molecule has 7 heteroatoms. The first kappa shape index (κ1) is 14.1. The van der Waals surface area contributed by atoms with Crippen molar-refractivity contribution in [1.82, 2.24) is 25.8 Å². The quantitative estimate of drug-likeness (QED) is 0.711. The third kappa shape index (κ3) is 4.94. The van der Waals surface area contributed by atoms with Gasteiger partial charge in [-0.2, -0.15) is 0 Å². The molecular formula is C11H19N5O2. The molecule has 1 aromatic rings. The Kier molecular flexibility index (Phi) is 4.41. The van der Waals surface area contributed by atoms with Gasteiger partial charge in [-0.3, -0.25) is 14.7 Å². The predicted molar refractivity (Wildman–Crippen MR) is 66.0 cm³/mol. The van der Waals surface area contributed by atoms with Crippen molar-refractivity contribution >= 4 is 11.8 Å². The van der Waals surface area contributed by atoms with Crippen molar-refractivity contribution in [2.75, 3.05) is 6.54 Å². The van der Waals surface area contributed by atoms with Crippen LogP contribution in [0.3, 0.4) is 0 Å². The molecule has 0 radical (unpaired) electrons. The molecule has 1 heterocycles. The predicted octanol–water partition coefficient (Wildman–Crippen LogP) is 0.148. The first-order valence-electron chi connectivity index (χ1n) is 5.76. The summed E-state index contributed by atoms with van der Waals surface area (Å²) < 4.78 is 0. The SMILES string of the molecule is Cc1nc(C(=O)NCCC(=O)NC(C)(C)C)n[nH]1. The Morgan fingerprint density at radius 3 is 2.50 bits per heavy atom. The van der Waals surface area contributed by atoms with Crippen molar-refractivity contribution < 1.29 is 9.59 Å². The van der Waals surface area contributed by atoms with Gasteiger partial charge in [0.2, 0.25) is 11.7 Å². The fraction of sp³-hybridized carbons (Fsp3) is 0.636. The average Bonchev–Trinajstić information content (AvgIpc) is 2.62. The molecule has 0 unspecified atom stereocenters. The number of hydrogen-bond donors (Lipinski definition) is 3. The molecule has 0 bridgehead atoms. The third-order valence-corrected chi connectivity index (χ3v) is 1.95. The van der Waals surface area contributed by atoms with Gasteiger partial charge in [-0.15, -0.1) is 5.10 Å². The van der Waals surface area contributed by atoms with E-state index in [9.17, 15) is 9.59 Å². The molecule has 1 aromatic heterocycles. The molecular weight excluding hydrogens is 234 g/mol. The number of amides is 2. The van der Waals surface area contributed by atoms with Crippen LogP contribution in [0.1, 0.15) is 43.6 Å². The Balaban J connectivity index is 2.30. The molecule has 0 fully saturated rings. The summed E-state index contributed by atoms with van der Waals surface area (Å²) in [6, 6.07) is 0. The van der Waals surface area contributed by atoms with Gasteiger partial charge in [0.15, 0.2) is 0 Å². The van der Waals surface area contributed by atoms with E-state index in [1.165, 1.54) is 0 Å². The number of aromatic nitrogens is 3. The zero-order valence-corrected chi connectivity index (χ0v) is 11.1. The van der Waals surface area contributed by atoms with Gasteiger partial charge in [0.05, 0.1) is 0 Å². The zero-order chi connectivity index (χ0) is 13.8. The van der Waals surface area contributed by atoms with Gasteiger partial charge >= 0.3 is 0 Å². The van der Waals surface area contributed by atoms with E-state index in [4.69, 9.17) is 0 Å². The molecule has 0 aliphatic heterocycles. The van der Waals surface area contributed by atoms with Crippen molar-refractivity contribution in [3.63, 3.8) is 0 Å². The Labute approximate surface area is 106 Å². The second kappa shape index (κ2) is 5.61. The Bertz CT molecular complexity index is 433. The summed E-state index contributed by atoms with van der Waals surface area (Å²) in [7, 11) is 0. The summed E-state index contributed by atoms with van der Waals surface area (Å²) in [5.74, 6) is 0.172. The van der Waals surface area contributed by atoms with Crippen LogP contribution in [0.2, 0.25) is 0 Å². The van der Waals surface area contributed by atoms with Gasteiger partial charge in [-0.25, -0.2) is 4.98 Å². The molecule has 100 valence electrons. The largest absolute Gasteiger partial charge is 0.351 e. The topological polar surface area (TPSA) is 99.8 Å². The minimum absolute atomic E-state index is 0.0868. The summed E-state index contributed by atoms with van der Waals surface area (Å²) in [5, 5.41) is 11.7. The van der Waals surface area contributed by atoms with Crippen LogP contribution in [0.5, 0.6) is 0 Å². The first-order valence-corrected chi connectivity index (χ1v) is 5.76. The maximum Gasteiger partial charge on any atom is 0.290 e. The molecule has 2 amide bonds. The van der Waals surface area contributed by atoms with Gasteiger partial charge in [0.1, 0.15) is 5.82 Å². The number of carbonyl (C=O) groups is 2. The third-order valence-electron chi connectivity index (χ3n) is 1.95. The molecule has 18 heavy (non-hydrogen) atoms. The lowest BCUT2D eigenvalue weighted by Crippen LogP contribution is -2.42. The Morgan fingerprint density at radius 1 is 1.33 bits per heavy atom. The van der Waals surface area contributed by atoms with Gasteiger partial charge in [-0.05, 0) is 27.7 Å². The van der Waals surface area contributed by atoms with E-state index in [-0.39, 0.29) is 36.1 Å². The maximum atomic E-state index is 11.5. The number of rotatable bonds is 4. The molecule has 0 aromatic carbocycles. The van der Waals surface area contributed by atoms with Crippen LogP contribution in [0.4, 0.5) is 0 Å². The molecule has 7 nitrogen and oxygen atoms in total. The van der Waals surface area contributed by atoms with Crippen LogP contribution >= 0.6 is 0 Å². The van der Waals surface area contributed by atoms with Gasteiger partial charge in [0.25, 0.3) is 5.91 Å². The lowest BCUT2D eigenvalue weighted by molar-refractivity contribution is -0.122. The number of aryl methyl sites for hydroxylation is 1. The molecule has 1 rings (SSSR count). The zero-order valence-electron chi connectivity index (χ0n) is 11.1. The number of carbonyl (C=O) groups excluding carboxylic acids is 2. The maximum absolute atomic E-state index is 11.5. The molecule has 0 aliphatic rings. The molecule has 0 spiro atoms. The molecule has 0 saturated carbocycles. The number of hydrogen-bond acceptors (Lipinski definition) is 4. The normalized spacial score (nSPS) is 11.1. The summed E-state index contributed by atoms with van der Waals surface area (Å²) in [6.45, 7) is 7.68. The van der Waals surface area contributed by atoms with Crippen molar-refractivity contribution in [3.8, 4) is 0 Å². The number of nitrogens with one attached hydrogen (secondary N) is 3. The van der Waals surface area contributed by atoms with Crippen molar-refractivity contribution in [2.45, 2.75) is 39.7 Å². The highest BCUT2D eigenvalue weighted by Gasteiger charge is 2.14. The summed E-state index contributed by atoms with van der Waals surface area (Å²) in [6.07, 6.45) is 0.229. The fourth-order valence-electron chi connectivity index (χ4n) is 1.29. The molecule has 0 aliphatic carbocycles. The van der Waals surface area contributed by atoms with Crippen LogP contribution in [-0.2, 0) is 4.79 Å². The van der Waals surface area contributed by atoms with E-state index < -0.39 is 0 Å². The van der Waals surface area contributed by atoms with E-state index in [1.807, 2.05) is 20.8 Å². The lowest BCUT2D eigenvalue weighted by Gasteiger charge is -2.20. The van der Waals surface area contributed by atoms with Crippen LogP contribution < -0.4 is 10.6 Å². The van der Waals surface area contributed by atoms with E-state index in [0.29, 0.717) is 5.82 Å². The Hall–Kier alpha value is -1.92. The summed E-state index contributed by atoms with van der Waals surface area (Å²) in [4.78, 5) is 26.9. The van der Waals surface area contributed by atoms with Crippen molar-refractivity contribution in [1.29, 1.82) is 0 Å². The van der Waals surface area contributed by atoms with Crippen molar-refractivity contribution in [3.05, 3.63) is 11.6 Å². The van der Waals surface area contributed by atoms with E-state index in [2.05, 4.69) is 25.8 Å². The second-order valence-corrected chi connectivity index (χ2v) is 5.05. The van der Waals surface area contributed by atoms with Crippen LogP contribution in [-0.4, -0.2) is 39.1 Å². The van der Waals surface area contributed by atoms with Crippen LogP contribution in [0, 0.1) is 6.92 Å². The monoisotopic (exact) mass is 253 g/mol. The highest BCUT2D eigenvalue weighted by Crippen LogP contribution is 1.98. The van der Waals surface area contributed by atoms with Gasteiger partial charge in [0, 0.05) is 18.5 Å². The number of aromatic amines is 1. The van der Waals surface area contributed by atoms with Gasteiger partial charge in [-0.1, -0.05) is 0 Å². The number of H-pyrrole nitrogens is 1. The highest BCUT2D eigenvalue weighted by molar-refractivity contribution is 5.90. The fourth-order valence-corrected chi connectivity index (χ4v) is 1.29. The summed E-state index contributed by atoms with van der Waals surface area (Å²) >= 11 is 0. The minimum atomic E-state index is -0.386. The molecule has 0 atom stereocenters. The first-order chi connectivity index (χ1) is 8.28. The van der Waals surface area contributed by atoms with Crippen LogP contribution in [0.25, 0.3) is 0 Å². The molecule has 0 saturated heterocycles. The minimum Gasteiger partial charge on any atom is -0.351 e. The van der Waals surface area contributed by atoms with E-state index >= 15 is 0 Å². The Morgan fingerprint density at radius 2 is 2.00 bits per heavy atom. The van der Waals surface area contributed by atoms with E-state index in [0.717, 1.165) is 0 Å². The standard InChI is InChI=1S/C11H19N5O2/c1-7-13-9(16-15-7)10(18)12-6-5-8(17)14-11(2,3)4/h5-6H2,1-4H3,(H,12,18)(H,14,17)(H,13,15,16). The van der Waals surface area contributed by atoms with Gasteiger partial charge < -0.3 is 10.6 Å².